The van der Waals surface area contributed by atoms with Crippen LogP contribution in [0.3, 0.4) is 0 Å². The highest BCUT2D eigenvalue weighted by Gasteiger charge is 2.30. The molecule has 1 aromatic carbocycles. The van der Waals surface area contributed by atoms with Gasteiger partial charge in [0.15, 0.2) is 17.3 Å². The third-order valence-corrected chi connectivity index (χ3v) is 4.43. The summed E-state index contributed by atoms with van der Waals surface area (Å²) >= 11 is 0. The number of carbonyl (C=O) groups is 1. The van der Waals surface area contributed by atoms with Crippen molar-refractivity contribution >= 4 is 5.78 Å². The lowest BCUT2D eigenvalue weighted by Gasteiger charge is -2.32. The van der Waals surface area contributed by atoms with Crippen molar-refractivity contribution in [1.82, 2.24) is 0 Å². The number of hydrogen-bond acceptors (Lipinski definition) is 4. The number of Topliss-reactive ketones (excluding diaryl/α,β-unsaturated/α-hetero) is 1. The summed E-state index contributed by atoms with van der Waals surface area (Å²) in [6, 6.07) is 5.45. The summed E-state index contributed by atoms with van der Waals surface area (Å²) in [5.41, 5.74) is 6.74. The molecule has 1 aromatic rings. The predicted molar refractivity (Wildman–Crippen MR) is 81.0 cm³/mol. The Hall–Kier alpha value is -1.55. The minimum atomic E-state index is -0.320. The molecule has 1 fully saturated rings. The zero-order chi connectivity index (χ0) is 14.7. The molecule has 1 aliphatic heterocycles. The van der Waals surface area contributed by atoms with E-state index in [2.05, 4.69) is 0 Å². The first-order valence-corrected chi connectivity index (χ1v) is 7.88. The predicted octanol–water partition coefficient (Wildman–Crippen LogP) is 3.08. The van der Waals surface area contributed by atoms with E-state index in [1.54, 1.807) is 6.07 Å². The van der Waals surface area contributed by atoms with Gasteiger partial charge in [0.1, 0.15) is 0 Å². The highest BCUT2D eigenvalue weighted by atomic mass is 16.5. The van der Waals surface area contributed by atoms with Crippen LogP contribution >= 0.6 is 0 Å². The fraction of sp³-hybridized carbons (Fsp3) is 0.588. The highest BCUT2D eigenvalue weighted by molar-refractivity contribution is 5.97. The Labute approximate surface area is 125 Å². The smallest absolute Gasteiger partial charge is 0.164 e. The Kier molecular flexibility index (Phi) is 4.15. The summed E-state index contributed by atoms with van der Waals surface area (Å²) in [7, 11) is 0. The van der Waals surface area contributed by atoms with E-state index < -0.39 is 0 Å². The van der Waals surface area contributed by atoms with Crippen LogP contribution in [0.4, 0.5) is 0 Å². The molecule has 4 nitrogen and oxygen atoms in total. The third kappa shape index (κ3) is 3.38. The van der Waals surface area contributed by atoms with Crippen LogP contribution in [0.1, 0.15) is 55.3 Å². The van der Waals surface area contributed by atoms with Gasteiger partial charge in [0.25, 0.3) is 0 Å². The van der Waals surface area contributed by atoms with Crippen LogP contribution in [0.2, 0.25) is 0 Å². The van der Waals surface area contributed by atoms with Crippen LogP contribution in [0, 0.1) is 0 Å². The number of ether oxygens (including phenoxy) is 2. The maximum absolute atomic E-state index is 12.5. The van der Waals surface area contributed by atoms with Gasteiger partial charge in [-0.15, -0.1) is 0 Å². The number of ketones is 1. The zero-order valence-electron chi connectivity index (χ0n) is 12.4. The molecule has 0 amide bonds. The normalized spacial score (nSPS) is 20.6. The van der Waals surface area contributed by atoms with Crippen molar-refractivity contribution in [2.45, 2.75) is 50.5 Å². The van der Waals surface area contributed by atoms with E-state index in [0.717, 1.165) is 37.9 Å². The van der Waals surface area contributed by atoms with Crippen LogP contribution in [-0.4, -0.2) is 24.5 Å². The van der Waals surface area contributed by atoms with Crippen molar-refractivity contribution in [3.63, 3.8) is 0 Å². The average Bonchev–Trinajstić information content (AvgIpc) is 2.72. The largest absolute Gasteiger partial charge is 0.490 e. The first-order chi connectivity index (χ1) is 10.2. The monoisotopic (exact) mass is 289 g/mol. The molecule has 1 heterocycles. The van der Waals surface area contributed by atoms with Gasteiger partial charge in [0.05, 0.1) is 13.2 Å². The van der Waals surface area contributed by atoms with E-state index in [9.17, 15) is 4.79 Å². The molecule has 0 bridgehead atoms. The zero-order valence-corrected chi connectivity index (χ0v) is 12.4. The van der Waals surface area contributed by atoms with Crippen LogP contribution in [-0.2, 0) is 0 Å². The Morgan fingerprint density at radius 3 is 2.52 bits per heavy atom. The molecule has 3 rings (SSSR count). The maximum atomic E-state index is 12.5. The van der Waals surface area contributed by atoms with Crippen LogP contribution in [0.5, 0.6) is 11.5 Å². The van der Waals surface area contributed by atoms with Crippen LogP contribution < -0.4 is 15.2 Å². The molecule has 114 valence electrons. The second-order valence-corrected chi connectivity index (χ2v) is 6.23. The quantitative estimate of drug-likeness (QED) is 0.869. The van der Waals surface area contributed by atoms with Crippen molar-refractivity contribution in [2.24, 2.45) is 5.73 Å². The standard InChI is InChI=1S/C17H23NO3/c18-17(7-2-1-3-8-17)12-14(19)13-5-6-15-16(11-13)21-10-4-9-20-15/h5-6,11H,1-4,7-10,12,18H2. The van der Waals surface area contributed by atoms with Gasteiger partial charge in [0, 0.05) is 23.9 Å². The third-order valence-electron chi connectivity index (χ3n) is 4.43. The van der Waals surface area contributed by atoms with Crippen molar-refractivity contribution in [3.05, 3.63) is 23.8 Å². The molecule has 2 aliphatic rings. The summed E-state index contributed by atoms with van der Waals surface area (Å²) in [6.07, 6.45) is 6.68. The Bertz CT molecular complexity index is 521. The minimum absolute atomic E-state index is 0.107. The average molecular weight is 289 g/mol. The van der Waals surface area contributed by atoms with E-state index in [-0.39, 0.29) is 11.3 Å². The number of benzene rings is 1. The molecule has 0 radical (unpaired) electrons. The summed E-state index contributed by atoms with van der Waals surface area (Å²) in [4.78, 5) is 12.5. The van der Waals surface area contributed by atoms with Gasteiger partial charge in [-0.3, -0.25) is 4.79 Å². The highest BCUT2D eigenvalue weighted by Crippen LogP contribution is 2.33. The van der Waals surface area contributed by atoms with Crippen molar-refractivity contribution in [2.75, 3.05) is 13.2 Å². The van der Waals surface area contributed by atoms with Crippen LogP contribution in [0.25, 0.3) is 0 Å². The van der Waals surface area contributed by atoms with E-state index in [1.165, 1.54) is 6.42 Å². The lowest BCUT2D eigenvalue weighted by atomic mass is 9.78. The molecule has 0 saturated heterocycles. The first-order valence-electron chi connectivity index (χ1n) is 7.88. The molecule has 1 aliphatic carbocycles. The lowest BCUT2D eigenvalue weighted by molar-refractivity contribution is 0.0934. The Morgan fingerprint density at radius 2 is 1.76 bits per heavy atom. The number of carbonyl (C=O) groups excluding carboxylic acids is 1. The van der Waals surface area contributed by atoms with Crippen molar-refractivity contribution < 1.29 is 14.3 Å². The van der Waals surface area contributed by atoms with Gasteiger partial charge >= 0.3 is 0 Å². The molecule has 1 saturated carbocycles. The van der Waals surface area contributed by atoms with Crippen molar-refractivity contribution in [1.29, 1.82) is 0 Å². The SMILES string of the molecule is NC1(CC(=O)c2ccc3c(c2)OCCCO3)CCCCC1. The lowest BCUT2D eigenvalue weighted by Crippen LogP contribution is -2.43. The number of hydrogen-bond donors (Lipinski definition) is 1. The molecular weight excluding hydrogens is 266 g/mol. The van der Waals surface area contributed by atoms with Gasteiger partial charge in [-0.25, -0.2) is 0 Å². The Balaban J connectivity index is 1.74. The van der Waals surface area contributed by atoms with Gasteiger partial charge in [-0.05, 0) is 31.0 Å². The second kappa shape index (κ2) is 6.06. The Morgan fingerprint density at radius 1 is 1.05 bits per heavy atom. The van der Waals surface area contributed by atoms with Gasteiger partial charge in [0.2, 0.25) is 0 Å². The van der Waals surface area contributed by atoms with E-state index >= 15 is 0 Å². The molecule has 0 atom stereocenters. The molecule has 2 N–H and O–H groups in total. The van der Waals surface area contributed by atoms with E-state index in [4.69, 9.17) is 15.2 Å². The molecule has 0 spiro atoms. The number of nitrogens with two attached hydrogens (primary N) is 1. The number of rotatable bonds is 3. The maximum Gasteiger partial charge on any atom is 0.164 e. The fourth-order valence-corrected chi connectivity index (χ4v) is 3.19. The van der Waals surface area contributed by atoms with Crippen molar-refractivity contribution in [3.8, 4) is 11.5 Å². The van der Waals surface area contributed by atoms with E-state index in [1.807, 2.05) is 12.1 Å². The van der Waals surface area contributed by atoms with E-state index in [0.29, 0.717) is 30.9 Å². The molecule has 4 heteroatoms. The van der Waals surface area contributed by atoms with Crippen LogP contribution in [0.15, 0.2) is 18.2 Å². The minimum Gasteiger partial charge on any atom is -0.490 e. The summed E-state index contributed by atoms with van der Waals surface area (Å²) in [5, 5.41) is 0. The fourth-order valence-electron chi connectivity index (χ4n) is 3.19. The topological polar surface area (TPSA) is 61.6 Å². The van der Waals surface area contributed by atoms with Gasteiger partial charge < -0.3 is 15.2 Å². The summed E-state index contributed by atoms with van der Waals surface area (Å²) in [6.45, 7) is 1.29. The molecule has 0 unspecified atom stereocenters. The summed E-state index contributed by atoms with van der Waals surface area (Å²) < 4.78 is 11.2. The number of fused-ring (bicyclic) bond motifs is 1. The molecular formula is C17H23NO3. The van der Waals surface area contributed by atoms with Gasteiger partial charge in [-0.1, -0.05) is 19.3 Å². The second-order valence-electron chi connectivity index (χ2n) is 6.23. The summed E-state index contributed by atoms with van der Waals surface area (Å²) in [5.74, 6) is 1.51. The molecule has 0 aromatic heterocycles. The molecule has 21 heavy (non-hydrogen) atoms. The van der Waals surface area contributed by atoms with Gasteiger partial charge in [-0.2, -0.15) is 0 Å². The first kappa shape index (κ1) is 14.4.